The second kappa shape index (κ2) is 7.95. The summed E-state index contributed by atoms with van der Waals surface area (Å²) in [5, 5.41) is 3.19. The van der Waals surface area contributed by atoms with Gasteiger partial charge in [-0.3, -0.25) is 0 Å². The van der Waals surface area contributed by atoms with Gasteiger partial charge in [-0.25, -0.2) is 0 Å². The van der Waals surface area contributed by atoms with Crippen molar-refractivity contribution in [3.63, 3.8) is 0 Å². The quantitative estimate of drug-likeness (QED) is 0.770. The van der Waals surface area contributed by atoms with Gasteiger partial charge in [0.2, 0.25) is 0 Å². The van der Waals surface area contributed by atoms with Crippen LogP contribution in [0.25, 0.3) is 0 Å². The van der Waals surface area contributed by atoms with Crippen LogP contribution in [0.1, 0.15) is 38.2 Å². The summed E-state index contributed by atoms with van der Waals surface area (Å²) in [6, 6.07) is 6.13. The Labute approximate surface area is 122 Å². The van der Waals surface area contributed by atoms with Crippen LogP contribution in [0.15, 0.2) is 30.4 Å². The Bertz CT molecular complexity index is 443. The summed E-state index contributed by atoms with van der Waals surface area (Å²) in [6.45, 7) is 3.66. The zero-order valence-electron chi connectivity index (χ0n) is 12.5. The summed E-state index contributed by atoms with van der Waals surface area (Å²) in [7, 11) is 1.95. The Kier molecular flexibility index (Phi) is 5.93. The highest BCUT2D eigenvalue weighted by atomic mass is 16.5. The van der Waals surface area contributed by atoms with Crippen LogP contribution in [-0.4, -0.2) is 19.8 Å². The van der Waals surface area contributed by atoms with E-state index in [2.05, 4.69) is 30.5 Å². The first-order valence-electron chi connectivity index (χ1n) is 7.57. The maximum absolute atomic E-state index is 6.15. The highest BCUT2D eigenvalue weighted by Gasteiger charge is 2.13. The van der Waals surface area contributed by atoms with E-state index in [0.29, 0.717) is 0 Å². The Morgan fingerprint density at radius 3 is 2.95 bits per heavy atom. The third-order valence-electron chi connectivity index (χ3n) is 3.37. The van der Waals surface area contributed by atoms with Crippen LogP contribution in [0, 0.1) is 0 Å². The van der Waals surface area contributed by atoms with E-state index in [1.165, 1.54) is 18.4 Å². The minimum Gasteiger partial charge on any atom is -0.493 e. The molecule has 0 fully saturated rings. The van der Waals surface area contributed by atoms with Crippen LogP contribution in [0.5, 0.6) is 11.5 Å². The molecule has 0 saturated heterocycles. The van der Waals surface area contributed by atoms with Crippen molar-refractivity contribution < 1.29 is 9.47 Å². The van der Waals surface area contributed by atoms with Crippen molar-refractivity contribution in [2.24, 2.45) is 0 Å². The van der Waals surface area contributed by atoms with Gasteiger partial charge in [-0.1, -0.05) is 19.1 Å². The first-order chi connectivity index (χ1) is 9.83. The molecule has 1 aliphatic carbocycles. The standard InChI is InChI=1S/C17H25NO2/c1-3-11-19-16-10-9-14(13-18-2)17(12-16)20-15-7-5-4-6-8-15/h5,7,9-10,12,15,18H,3-4,6,8,11,13H2,1-2H3. The van der Waals surface area contributed by atoms with E-state index in [0.717, 1.165) is 37.5 Å². The molecule has 0 heterocycles. The zero-order valence-corrected chi connectivity index (χ0v) is 12.5. The van der Waals surface area contributed by atoms with E-state index in [4.69, 9.17) is 9.47 Å². The van der Waals surface area contributed by atoms with Gasteiger partial charge in [-0.2, -0.15) is 0 Å². The fourth-order valence-electron chi connectivity index (χ4n) is 2.33. The van der Waals surface area contributed by atoms with Crippen molar-refractivity contribution in [3.05, 3.63) is 35.9 Å². The van der Waals surface area contributed by atoms with Crippen molar-refractivity contribution in [3.8, 4) is 11.5 Å². The van der Waals surface area contributed by atoms with Crippen molar-refractivity contribution >= 4 is 0 Å². The number of nitrogens with one attached hydrogen (secondary N) is 1. The summed E-state index contributed by atoms with van der Waals surface area (Å²) in [6.07, 6.45) is 9.06. The van der Waals surface area contributed by atoms with E-state index < -0.39 is 0 Å². The number of hydrogen-bond donors (Lipinski definition) is 1. The molecule has 20 heavy (non-hydrogen) atoms. The Balaban J connectivity index is 2.12. The molecule has 0 radical (unpaired) electrons. The van der Waals surface area contributed by atoms with Gasteiger partial charge in [0.15, 0.2) is 0 Å². The lowest BCUT2D eigenvalue weighted by Gasteiger charge is -2.21. The van der Waals surface area contributed by atoms with Crippen molar-refractivity contribution in [2.45, 2.75) is 45.3 Å². The van der Waals surface area contributed by atoms with Crippen LogP contribution in [0.4, 0.5) is 0 Å². The van der Waals surface area contributed by atoms with E-state index in [1.54, 1.807) is 0 Å². The van der Waals surface area contributed by atoms with Gasteiger partial charge in [0.25, 0.3) is 0 Å². The van der Waals surface area contributed by atoms with E-state index in [9.17, 15) is 0 Å². The van der Waals surface area contributed by atoms with Crippen molar-refractivity contribution in [1.82, 2.24) is 5.32 Å². The fourth-order valence-corrected chi connectivity index (χ4v) is 2.33. The summed E-state index contributed by atoms with van der Waals surface area (Å²) in [4.78, 5) is 0. The van der Waals surface area contributed by atoms with Gasteiger partial charge in [-0.05, 0) is 44.9 Å². The maximum Gasteiger partial charge on any atom is 0.128 e. The molecule has 0 aromatic heterocycles. The SMILES string of the molecule is CCCOc1ccc(CNC)c(OC2C=CCCC2)c1. The van der Waals surface area contributed by atoms with Gasteiger partial charge < -0.3 is 14.8 Å². The smallest absolute Gasteiger partial charge is 0.128 e. The topological polar surface area (TPSA) is 30.5 Å². The molecule has 1 aromatic rings. The van der Waals surface area contributed by atoms with Crippen LogP contribution >= 0.6 is 0 Å². The molecule has 0 bridgehead atoms. The molecule has 0 spiro atoms. The minimum absolute atomic E-state index is 0.195. The molecule has 2 rings (SSSR count). The molecule has 1 aliphatic rings. The lowest BCUT2D eigenvalue weighted by Crippen LogP contribution is -2.17. The molecule has 0 aliphatic heterocycles. The maximum atomic E-state index is 6.15. The van der Waals surface area contributed by atoms with E-state index >= 15 is 0 Å². The average molecular weight is 275 g/mol. The molecular weight excluding hydrogens is 250 g/mol. The van der Waals surface area contributed by atoms with Crippen LogP contribution < -0.4 is 14.8 Å². The molecule has 3 nitrogen and oxygen atoms in total. The highest BCUT2D eigenvalue weighted by Crippen LogP contribution is 2.28. The largest absolute Gasteiger partial charge is 0.493 e. The molecule has 1 N–H and O–H groups in total. The number of rotatable bonds is 7. The summed E-state index contributed by atoms with van der Waals surface area (Å²) in [5.74, 6) is 1.82. The predicted molar refractivity (Wildman–Crippen MR) is 82.4 cm³/mol. The molecule has 0 amide bonds. The van der Waals surface area contributed by atoms with Gasteiger partial charge in [0.1, 0.15) is 17.6 Å². The Morgan fingerprint density at radius 1 is 1.35 bits per heavy atom. The molecule has 1 aromatic carbocycles. The second-order valence-corrected chi connectivity index (χ2v) is 5.16. The summed E-state index contributed by atoms with van der Waals surface area (Å²) >= 11 is 0. The van der Waals surface area contributed by atoms with Gasteiger partial charge >= 0.3 is 0 Å². The third-order valence-corrected chi connectivity index (χ3v) is 3.37. The molecule has 110 valence electrons. The highest BCUT2D eigenvalue weighted by molar-refractivity contribution is 5.41. The van der Waals surface area contributed by atoms with Crippen molar-refractivity contribution in [1.29, 1.82) is 0 Å². The number of ether oxygens (including phenoxy) is 2. The molecular formula is C17H25NO2. The molecule has 3 heteroatoms. The first kappa shape index (κ1) is 14.9. The predicted octanol–water partition coefficient (Wildman–Crippen LogP) is 3.68. The molecule has 1 unspecified atom stereocenters. The summed E-state index contributed by atoms with van der Waals surface area (Å²) in [5.41, 5.74) is 1.18. The Hall–Kier alpha value is -1.48. The first-order valence-corrected chi connectivity index (χ1v) is 7.57. The normalized spacial score (nSPS) is 18.0. The summed E-state index contributed by atoms with van der Waals surface area (Å²) < 4.78 is 11.9. The number of hydrogen-bond acceptors (Lipinski definition) is 3. The van der Waals surface area contributed by atoms with Gasteiger partial charge in [0.05, 0.1) is 6.61 Å². The number of benzene rings is 1. The van der Waals surface area contributed by atoms with Crippen LogP contribution in [0.3, 0.4) is 0 Å². The van der Waals surface area contributed by atoms with Gasteiger partial charge in [0, 0.05) is 18.2 Å². The molecule has 1 atom stereocenters. The molecule has 0 saturated carbocycles. The Morgan fingerprint density at radius 2 is 2.25 bits per heavy atom. The van der Waals surface area contributed by atoms with Crippen LogP contribution in [0.2, 0.25) is 0 Å². The van der Waals surface area contributed by atoms with E-state index in [1.807, 2.05) is 19.2 Å². The lowest BCUT2D eigenvalue weighted by molar-refractivity contribution is 0.225. The average Bonchev–Trinajstić information content (AvgIpc) is 2.49. The van der Waals surface area contributed by atoms with E-state index in [-0.39, 0.29) is 6.10 Å². The third kappa shape index (κ3) is 4.27. The zero-order chi connectivity index (χ0) is 14.2. The van der Waals surface area contributed by atoms with Crippen LogP contribution in [-0.2, 0) is 6.54 Å². The monoisotopic (exact) mass is 275 g/mol. The van der Waals surface area contributed by atoms with Crippen molar-refractivity contribution in [2.75, 3.05) is 13.7 Å². The second-order valence-electron chi connectivity index (χ2n) is 5.16. The lowest BCUT2D eigenvalue weighted by atomic mass is 10.1. The number of allylic oxidation sites excluding steroid dienone is 1. The fraction of sp³-hybridized carbons (Fsp3) is 0.529. The van der Waals surface area contributed by atoms with Gasteiger partial charge in [-0.15, -0.1) is 0 Å². The minimum atomic E-state index is 0.195.